The van der Waals surface area contributed by atoms with Crippen LogP contribution in [0.5, 0.6) is 0 Å². The number of hydrogen-bond donors (Lipinski definition) is 0. The summed E-state index contributed by atoms with van der Waals surface area (Å²) in [5.74, 6) is 0. The summed E-state index contributed by atoms with van der Waals surface area (Å²) in [6.45, 7) is 3.10. The van der Waals surface area contributed by atoms with E-state index in [1.165, 1.54) is 6.42 Å². The molecule has 6 heteroatoms. The Morgan fingerprint density at radius 1 is 1.07 bits per heavy atom. The second-order valence-electron chi connectivity index (χ2n) is 8.18. The van der Waals surface area contributed by atoms with Crippen LogP contribution in [0.1, 0.15) is 31.0 Å². The molecule has 4 aromatic rings. The predicted molar refractivity (Wildman–Crippen MR) is 116 cm³/mol. The number of piperidine rings is 1. The van der Waals surface area contributed by atoms with Gasteiger partial charge in [0.25, 0.3) is 5.56 Å². The Morgan fingerprint density at radius 3 is 2.76 bits per heavy atom. The Morgan fingerprint density at radius 2 is 1.93 bits per heavy atom. The van der Waals surface area contributed by atoms with Gasteiger partial charge in [0.1, 0.15) is 0 Å². The molecule has 0 saturated carbocycles. The van der Waals surface area contributed by atoms with Gasteiger partial charge in [-0.05, 0) is 80.7 Å². The maximum absolute atomic E-state index is 13.1. The van der Waals surface area contributed by atoms with Crippen LogP contribution in [0.25, 0.3) is 32.9 Å². The van der Waals surface area contributed by atoms with Gasteiger partial charge in [-0.1, -0.05) is 6.07 Å². The minimum absolute atomic E-state index is 0.0409. The van der Waals surface area contributed by atoms with Gasteiger partial charge in [0, 0.05) is 18.6 Å². The fourth-order valence-corrected chi connectivity index (χ4v) is 4.53. The van der Waals surface area contributed by atoms with Gasteiger partial charge in [-0.15, -0.1) is 0 Å². The summed E-state index contributed by atoms with van der Waals surface area (Å²) in [5, 5.41) is 6.32. The fourth-order valence-electron chi connectivity index (χ4n) is 4.53. The van der Waals surface area contributed by atoms with Crippen molar-refractivity contribution in [2.75, 3.05) is 13.6 Å². The Kier molecular flexibility index (Phi) is 4.24. The molecule has 1 unspecified atom stereocenters. The Bertz CT molecular complexity index is 1290. The van der Waals surface area contributed by atoms with Crippen molar-refractivity contribution >= 4 is 21.8 Å². The molecule has 1 aliphatic heterocycles. The highest BCUT2D eigenvalue weighted by atomic mass is 16.1. The summed E-state index contributed by atoms with van der Waals surface area (Å²) in [5.41, 5.74) is 5.12. The lowest BCUT2D eigenvalue weighted by Crippen LogP contribution is -2.38. The molecule has 1 atom stereocenters. The van der Waals surface area contributed by atoms with Crippen molar-refractivity contribution in [2.45, 2.75) is 32.4 Å². The SMILES string of the molecule is Cc1cc(-c2ccc3c(=O)n(C4CCCCN4C)cnc3c2)cc2cn(C)nc12. The fraction of sp³-hybridized carbons (Fsp3) is 0.348. The first-order valence-corrected chi connectivity index (χ1v) is 10.2. The highest BCUT2D eigenvalue weighted by Crippen LogP contribution is 2.29. The highest BCUT2D eigenvalue weighted by Gasteiger charge is 2.22. The number of rotatable bonds is 2. The van der Waals surface area contributed by atoms with Crippen molar-refractivity contribution in [3.63, 3.8) is 0 Å². The molecule has 3 heterocycles. The first-order valence-electron chi connectivity index (χ1n) is 10.2. The molecular weight excluding hydrogens is 362 g/mol. The Hall–Kier alpha value is -2.99. The number of aromatic nitrogens is 4. The van der Waals surface area contributed by atoms with Crippen molar-refractivity contribution in [1.29, 1.82) is 0 Å². The van der Waals surface area contributed by atoms with Crippen molar-refractivity contribution in [3.8, 4) is 11.1 Å². The molecule has 148 valence electrons. The average molecular weight is 387 g/mol. The van der Waals surface area contributed by atoms with Crippen LogP contribution >= 0.6 is 0 Å². The van der Waals surface area contributed by atoms with E-state index in [0.29, 0.717) is 5.39 Å². The van der Waals surface area contributed by atoms with E-state index in [1.807, 2.05) is 36.1 Å². The first-order chi connectivity index (χ1) is 14.0. The third kappa shape index (κ3) is 3.04. The largest absolute Gasteiger partial charge is 0.286 e. The van der Waals surface area contributed by atoms with Gasteiger partial charge < -0.3 is 0 Å². The van der Waals surface area contributed by atoms with E-state index in [0.717, 1.165) is 52.5 Å². The normalized spacial score (nSPS) is 18.0. The second-order valence-corrected chi connectivity index (χ2v) is 8.18. The number of likely N-dealkylation sites (tertiary alicyclic amines) is 1. The lowest BCUT2D eigenvalue weighted by molar-refractivity contribution is 0.123. The lowest BCUT2D eigenvalue weighted by atomic mass is 10.00. The van der Waals surface area contributed by atoms with Crippen molar-refractivity contribution in [2.24, 2.45) is 7.05 Å². The van der Waals surface area contributed by atoms with E-state index in [1.54, 1.807) is 10.9 Å². The van der Waals surface area contributed by atoms with Gasteiger partial charge in [0.15, 0.2) is 0 Å². The van der Waals surface area contributed by atoms with Crippen LogP contribution in [-0.4, -0.2) is 37.8 Å². The van der Waals surface area contributed by atoms with Gasteiger partial charge in [-0.25, -0.2) is 4.98 Å². The predicted octanol–water partition coefficient (Wildman–Crippen LogP) is 3.87. The van der Waals surface area contributed by atoms with Gasteiger partial charge in [-0.3, -0.25) is 18.9 Å². The zero-order valence-corrected chi connectivity index (χ0v) is 17.1. The van der Waals surface area contributed by atoms with Gasteiger partial charge in [0.05, 0.1) is 28.9 Å². The summed E-state index contributed by atoms with van der Waals surface area (Å²) in [6.07, 6.45) is 7.18. The molecule has 0 amide bonds. The van der Waals surface area contributed by atoms with Crippen molar-refractivity contribution < 1.29 is 0 Å². The minimum Gasteiger partial charge on any atom is -0.286 e. The molecule has 29 heavy (non-hydrogen) atoms. The quantitative estimate of drug-likeness (QED) is 0.524. The Balaban J connectivity index is 1.59. The molecule has 1 aliphatic rings. The van der Waals surface area contributed by atoms with Crippen LogP contribution in [-0.2, 0) is 7.05 Å². The van der Waals surface area contributed by atoms with E-state index in [9.17, 15) is 4.79 Å². The van der Waals surface area contributed by atoms with Crippen molar-refractivity contribution in [3.05, 3.63) is 58.8 Å². The van der Waals surface area contributed by atoms with Crippen LogP contribution in [0.4, 0.5) is 0 Å². The van der Waals surface area contributed by atoms with Crippen LogP contribution < -0.4 is 5.56 Å². The highest BCUT2D eigenvalue weighted by molar-refractivity contribution is 5.89. The molecule has 0 bridgehead atoms. The topological polar surface area (TPSA) is 56.0 Å². The second kappa shape index (κ2) is 6.81. The summed E-state index contributed by atoms with van der Waals surface area (Å²) < 4.78 is 3.64. The zero-order valence-electron chi connectivity index (χ0n) is 17.1. The molecule has 0 spiro atoms. The first kappa shape index (κ1) is 18.1. The molecule has 6 nitrogen and oxygen atoms in total. The smallest absolute Gasteiger partial charge is 0.262 e. The van der Waals surface area contributed by atoms with Crippen molar-refractivity contribution in [1.82, 2.24) is 24.2 Å². The number of benzene rings is 2. The molecule has 5 rings (SSSR count). The van der Waals surface area contributed by atoms with Crippen LogP contribution in [0, 0.1) is 6.92 Å². The van der Waals surface area contributed by atoms with Crippen LogP contribution in [0.2, 0.25) is 0 Å². The molecule has 0 N–H and O–H groups in total. The zero-order chi connectivity index (χ0) is 20.1. The third-order valence-electron chi connectivity index (χ3n) is 6.08. The summed E-state index contributed by atoms with van der Waals surface area (Å²) in [4.78, 5) is 20.0. The Labute approximate surface area is 169 Å². The maximum Gasteiger partial charge on any atom is 0.262 e. The lowest BCUT2D eigenvalue weighted by Gasteiger charge is -2.33. The molecule has 2 aromatic carbocycles. The molecular formula is C23H25N5O. The van der Waals surface area contributed by atoms with Gasteiger partial charge in [0.2, 0.25) is 0 Å². The summed E-state index contributed by atoms with van der Waals surface area (Å²) >= 11 is 0. The van der Waals surface area contributed by atoms with E-state index in [-0.39, 0.29) is 11.7 Å². The number of fused-ring (bicyclic) bond motifs is 2. The monoisotopic (exact) mass is 387 g/mol. The van der Waals surface area contributed by atoms with Crippen LogP contribution in [0.15, 0.2) is 47.7 Å². The standard InChI is InChI=1S/C23H25N5O/c1-15-10-17(11-18-13-27(3)25-22(15)18)16-7-8-19-20(12-16)24-14-28(23(19)29)21-6-4-5-9-26(21)2/h7-8,10-14,21H,4-6,9H2,1-3H3. The van der Waals surface area contributed by atoms with E-state index < -0.39 is 0 Å². The van der Waals surface area contributed by atoms with Gasteiger partial charge in [-0.2, -0.15) is 5.10 Å². The molecule has 0 radical (unpaired) electrons. The number of aryl methyl sites for hydroxylation is 2. The molecule has 2 aromatic heterocycles. The molecule has 0 aliphatic carbocycles. The van der Waals surface area contributed by atoms with Crippen LogP contribution in [0.3, 0.4) is 0 Å². The summed E-state index contributed by atoms with van der Waals surface area (Å²) in [7, 11) is 4.02. The third-order valence-corrected chi connectivity index (χ3v) is 6.08. The maximum atomic E-state index is 13.1. The molecule has 1 fully saturated rings. The number of nitrogens with zero attached hydrogens (tertiary/aromatic N) is 5. The van der Waals surface area contributed by atoms with E-state index in [4.69, 9.17) is 0 Å². The number of hydrogen-bond acceptors (Lipinski definition) is 4. The summed E-state index contributed by atoms with van der Waals surface area (Å²) in [6, 6.07) is 10.3. The van der Waals surface area contributed by atoms with E-state index >= 15 is 0 Å². The molecule has 1 saturated heterocycles. The van der Waals surface area contributed by atoms with E-state index in [2.05, 4.69) is 41.1 Å². The average Bonchev–Trinajstić information content (AvgIpc) is 3.10. The van der Waals surface area contributed by atoms with Gasteiger partial charge >= 0.3 is 0 Å². The minimum atomic E-state index is 0.0409.